The van der Waals surface area contributed by atoms with Crippen molar-refractivity contribution >= 4 is 51.0 Å². The Hall–Kier alpha value is -3.59. The van der Waals surface area contributed by atoms with Gasteiger partial charge in [0.15, 0.2) is 0 Å². The number of hydrogen-bond acceptors (Lipinski definition) is 4. The molecular formula is C30H30Cl2N4O3S. The third-order valence-corrected chi connectivity index (χ3v) is 8.86. The van der Waals surface area contributed by atoms with Gasteiger partial charge in [0.25, 0.3) is 15.9 Å². The molecule has 0 aliphatic heterocycles. The highest BCUT2D eigenvalue weighted by atomic mass is 35.5. The Kier molecular flexibility index (Phi) is 8.73. The van der Waals surface area contributed by atoms with Gasteiger partial charge in [-0.1, -0.05) is 58.6 Å². The number of carbonyl (C=O) groups excluding carboxylic acids is 1. The Bertz CT molecular complexity index is 1710. The van der Waals surface area contributed by atoms with Crippen molar-refractivity contribution in [2.24, 2.45) is 5.10 Å². The van der Waals surface area contributed by atoms with Gasteiger partial charge in [0.2, 0.25) is 0 Å². The molecule has 0 saturated carbocycles. The minimum atomic E-state index is -4.03. The molecule has 0 spiro atoms. The molecule has 0 aliphatic carbocycles. The van der Waals surface area contributed by atoms with Crippen LogP contribution in [0.5, 0.6) is 0 Å². The van der Waals surface area contributed by atoms with Gasteiger partial charge in [0.1, 0.15) is 6.54 Å². The highest BCUT2D eigenvalue weighted by Crippen LogP contribution is 2.29. The van der Waals surface area contributed by atoms with Crippen LogP contribution >= 0.6 is 23.2 Å². The smallest absolute Gasteiger partial charge is 0.264 e. The van der Waals surface area contributed by atoms with Gasteiger partial charge in [-0.05, 0) is 82.6 Å². The normalized spacial score (nSPS) is 11.7. The number of rotatable bonds is 8. The molecule has 7 nitrogen and oxygen atoms in total. The van der Waals surface area contributed by atoms with Crippen LogP contribution in [0.1, 0.15) is 33.6 Å². The number of hydrazone groups is 1. The molecule has 0 atom stereocenters. The zero-order chi connectivity index (χ0) is 29.2. The second-order valence-electron chi connectivity index (χ2n) is 9.67. The van der Waals surface area contributed by atoms with Crippen LogP contribution in [-0.2, 0) is 14.8 Å². The van der Waals surface area contributed by atoms with E-state index in [1.807, 2.05) is 57.4 Å². The van der Waals surface area contributed by atoms with E-state index < -0.39 is 22.5 Å². The van der Waals surface area contributed by atoms with Crippen LogP contribution in [0.25, 0.3) is 5.69 Å². The average molecular weight is 598 g/mol. The molecule has 1 amide bonds. The van der Waals surface area contributed by atoms with Crippen LogP contribution in [0, 0.1) is 34.6 Å². The summed E-state index contributed by atoms with van der Waals surface area (Å²) < 4.78 is 30.4. The Morgan fingerprint density at radius 3 is 2.27 bits per heavy atom. The van der Waals surface area contributed by atoms with Crippen molar-refractivity contribution in [3.05, 3.63) is 110 Å². The first-order chi connectivity index (χ1) is 18.9. The molecule has 208 valence electrons. The van der Waals surface area contributed by atoms with Gasteiger partial charge in [0.05, 0.1) is 27.5 Å². The van der Waals surface area contributed by atoms with E-state index in [1.165, 1.54) is 6.21 Å². The van der Waals surface area contributed by atoms with Gasteiger partial charge in [-0.3, -0.25) is 9.10 Å². The molecule has 1 aromatic heterocycles. The quantitative estimate of drug-likeness (QED) is 0.182. The number of aromatic nitrogens is 1. The van der Waals surface area contributed by atoms with E-state index in [1.54, 1.807) is 48.5 Å². The maximum absolute atomic E-state index is 13.7. The van der Waals surface area contributed by atoms with Crippen LogP contribution in [0.3, 0.4) is 0 Å². The number of benzene rings is 3. The highest BCUT2D eigenvalue weighted by molar-refractivity contribution is 7.92. The van der Waals surface area contributed by atoms with Gasteiger partial charge in [-0.15, -0.1) is 0 Å². The topological polar surface area (TPSA) is 83.8 Å². The van der Waals surface area contributed by atoms with Crippen molar-refractivity contribution < 1.29 is 13.2 Å². The zero-order valence-corrected chi connectivity index (χ0v) is 25.2. The maximum atomic E-state index is 13.7. The number of aryl methyl sites for hydroxylation is 4. The molecule has 0 radical (unpaired) electrons. The lowest BCUT2D eigenvalue weighted by Gasteiger charge is -2.25. The second-order valence-corrected chi connectivity index (χ2v) is 12.4. The predicted octanol–water partition coefficient (Wildman–Crippen LogP) is 6.67. The van der Waals surface area contributed by atoms with Gasteiger partial charge in [-0.25, -0.2) is 13.8 Å². The lowest BCUT2D eigenvalue weighted by Crippen LogP contribution is -2.40. The Morgan fingerprint density at radius 2 is 1.60 bits per heavy atom. The molecule has 1 N–H and O–H groups in total. The Labute approximate surface area is 245 Å². The maximum Gasteiger partial charge on any atom is 0.264 e. The SMILES string of the molecule is Cc1ccc(S(=O)(=O)N(CC(=O)N/N=C\c2cc(C)n(-c3cc(Cl)ccc3Cl)c2C)c2ccc(C)cc2C)cc1. The Morgan fingerprint density at radius 1 is 0.925 bits per heavy atom. The van der Waals surface area contributed by atoms with Crippen molar-refractivity contribution in [3.63, 3.8) is 0 Å². The van der Waals surface area contributed by atoms with Gasteiger partial charge < -0.3 is 4.57 Å². The number of nitrogens with one attached hydrogen (secondary N) is 1. The molecular weight excluding hydrogens is 567 g/mol. The summed E-state index contributed by atoms with van der Waals surface area (Å²) in [5.74, 6) is -0.585. The molecule has 3 aromatic carbocycles. The summed E-state index contributed by atoms with van der Waals surface area (Å²) in [6.45, 7) is 9.01. The molecule has 4 aromatic rings. The minimum Gasteiger partial charge on any atom is -0.316 e. The number of sulfonamides is 1. The summed E-state index contributed by atoms with van der Waals surface area (Å²) in [4.78, 5) is 13.1. The van der Waals surface area contributed by atoms with Crippen molar-refractivity contribution in [2.45, 2.75) is 39.5 Å². The van der Waals surface area contributed by atoms with E-state index in [0.29, 0.717) is 15.7 Å². The minimum absolute atomic E-state index is 0.0986. The summed E-state index contributed by atoms with van der Waals surface area (Å²) in [5, 5.41) is 5.23. The molecule has 0 fully saturated rings. The predicted molar refractivity (Wildman–Crippen MR) is 163 cm³/mol. The van der Waals surface area contributed by atoms with Crippen LogP contribution in [0.4, 0.5) is 5.69 Å². The van der Waals surface area contributed by atoms with Crippen LogP contribution in [0.2, 0.25) is 10.0 Å². The molecule has 0 aliphatic rings. The lowest BCUT2D eigenvalue weighted by molar-refractivity contribution is -0.119. The van der Waals surface area contributed by atoms with Gasteiger partial charge >= 0.3 is 0 Å². The van der Waals surface area contributed by atoms with Gasteiger partial charge in [-0.2, -0.15) is 5.10 Å². The van der Waals surface area contributed by atoms with Crippen molar-refractivity contribution in [1.82, 2.24) is 9.99 Å². The van der Waals surface area contributed by atoms with Crippen molar-refractivity contribution in [1.29, 1.82) is 0 Å². The largest absolute Gasteiger partial charge is 0.316 e. The zero-order valence-electron chi connectivity index (χ0n) is 22.9. The fourth-order valence-corrected chi connectivity index (χ4v) is 6.36. The van der Waals surface area contributed by atoms with Gasteiger partial charge in [0, 0.05) is 22.0 Å². The monoisotopic (exact) mass is 596 g/mol. The first-order valence-corrected chi connectivity index (χ1v) is 14.7. The Balaban J connectivity index is 1.59. The number of nitrogens with zero attached hydrogens (tertiary/aromatic N) is 3. The van der Waals surface area contributed by atoms with Crippen LogP contribution in [0.15, 0.2) is 76.7 Å². The number of amides is 1. The van der Waals surface area contributed by atoms with E-state index in [2.05, 4.69) is 10.5 Å². The van der Waals surface area contributed by atoms with E-state index >= 15 is 0 Å². The van der Waals surface area contributed by atoms with Crippen molar-refractivity contribution in [2.75, 3.05) is 10.8 Å². The lowest BCUT2D eigenvalue weighted by atomic mass is 10.1. The fraction of sp³-hybridized carbons (Fsp3) is 0.200. The standard InChI is InChI=1S/C30H30Cl2N4O3S/c1-19-6-10-26(11-7-19)40(38,39)35(28-13-8-20(2)14-21(28)3)18-30(37)34-33-17-24-15-22(4)36(23(24)5)29-16-25(31)9-12-27(29)32/h6-17H,18H2,1-5H3,(H,34,37)/b33-17-. The van der Waals surface area contributed by atoms with Crippen LogP contribution in [-0.4, -0.2) is 31.7 Å². The molecule has 0 saturated heterocycles. The van der Waals surface area contributed by atoms with E-state index in [9.17, 15) is 13.2 Å². The second kappa shape index (κ2) is 11.9. The van der Waals surface area contributed by atoms with E-state index in [0.717, 1.165) is 43.6 Å². The molecule has 40 heavy (non-hydrogen) atoms. The fourth-order valence-electron chi connectivity index (χ4n) is 4.51. The first kappa shape index (κ1) is 29.4. The number of carbonyl (C=O) groups is 1. The number of hydrogen-bond donors (Lipinski definition) is 1. The number of halogens is 2. The molecule has 0 unspecified atom stereocenters. The highest BCUT2D eigenvalue weighted by Gasteiger charge is 2.28. The molecule has 0 bridgehead atoms. The van der Waals surface area contributed by atoms with Crippen LogP contribution < -0.4 is 9.73 Å². The average Bonchev–Trinajstić information content (AvgIpc) is 3.17. The third kappa shape index (κ3) is 6.25. The summed E-state index contributed by atoms with van der Waals surface area (Å²) in [5.41, 5.74) is 8.79. The molecule has 10 heteroatoms. The van der Waals surface area contributed by atoms with E-state index in [4.69, 9.17) is 23.2 Å². The van der Waals surface area contributed by atoms with E-state index in [-0.39, 0.29) is 4.90 Å². The van der Waals surface area contributed by atoms with Crippen molar-refractivity contribution in [3.8, 4) is 5.69 Å². The number of anilines is 1. The summed E-state index contributed by atoms with van der Waals surface area (Å²) >= 11 is 12.6. The summed E-state index contributed by atoms with van der Waals surface area (Å²) in [6, 6.07) is 19.1. The third-order valence-electron chi connectivity index (χ3n) is 6.53. The first-order valence-electron chi connectivity index (χ1n) is 12.5. The molecule has 1 heterocycles. The summed E-state index contributed by atoms with van der Waals surface area (Å²) in [6.07, 6.45) is 1.52. The molecule has 4 rings (SSSR count). The summed E-state index contributed by atoms with van der Waals surface area (Å²) in [7, 11) is -4.03.